The number of carbonyl (C=O) groups is 2. The van der Waals surface area contributed by atoms with Gasteiger partial charge in [-0.05, 0) is 35.7 Å². The highest BCUT2D eigenvalue weighted by atomic mass is 32.1. The van der Waals surface area contributed by atoms with Crippen LogP contribution in [0.5, 0.6) is 5.75 Å². The molecule has 30 heavy (non-hydrogen) atoms. The average Bonchev–Trinajstić information content (AvgIpc) is 3.32. The van der Waals surface area contributed by atoms with Gasteiger partial charge in [-0.3, -0.25) is 4.79 Å². The molecule has 2 aromatic carbocycles. The van der Waals surface area contributed by atoms with Crippen molar-refractivity contribution in [3.63, 3.8) is 0 Å². The van der Waals surface area contributed by atoms with Gasteiger partial charge in [-0.15, -0.1) is 11.3 Å². The number of methoxy groups -OCH3 is 1. The molecule has 0 spiro atoms. The molecule has 0 fully saturated rings. The first kappa shape index (κ1) is 19.6. The van der Waals surface area contributed by atoms with Gasteiger partial charge in [0, 0.05) is 5.39 Å². The minimum atomic E-state index is -0.582. The molecule has 0 atom stereocenters. The zero-order chi connectivity index (χ0) is 20.9. The van der Waals surface area contributed by atoms with Gasteiger partial charge in [0.25, 0.3) is 5.91 Å². The van der Waals surface area contributed by atoms with Crippen molar-refractivity contribution in [2.45, 2.75) is 0 Å². The molecule has 4 aromatic rings. The summed E-state index contributed by atoms with van der Waals surface area (Å²) in [5, 5.41) is 5.31. The standard InChI is InChI=1S/C23H18N2O4S/c1-28-20-10-5-4-9-18(20)25-22(26)14-29-23(27)16-13-19(21-11-6-12-30-21)24-17-8-3-2-7-15(16)17/h2-13H,14H2,1H3,(H,25,26). The van der Waals surface area contributed by atoms with E-state index < -0.39 is 18.5 Å². The third-order valence-corrected chi connectivity index (χ3v) is 5.32. The molecule has 150 valence electrons. The maximum absolute atomic E-state index is 12.8. The number of nitrogens with one attached hydrogen (secondary N) is 1. The Morgan fingerprint density at radius 3 is 2.63 bits per heavy atom. The fourth-order valence-electron chi connectivity index (χ4n) is 3.04. The number of hydrogen-bond donors (Lipinski definition) is 1. The number of carbonyl (C=O) groups excluding carboxylic acids is 2. The zero-order valence-electron chi connectivity index (χ0n) is 16.1. The van der Waals surface area contributed by atoms with E-state index in [-0.39, 0.29) is 0 Å². The average molecular weight is 418 g/mol. The lowest BCUT2D eigenvalue weighted by molar-refractivity contribution is -0.119. The molecule has 0 unspecified atom stereocenters. The molecular formula is C23H18N2O4S. The lowest BCUT2D eigenvalue weighted by Crippen LogP contribution is -2.21. The van der Waals surface area contributed by atoms with Crippen molar-refractivity contribution in [2.24, 2.45) is 0 Å². The number of nitrogens with zero attached hydrogens (tertiary/aromatic N) is 1. The molecule has 1 N–H and O–H groups in total. The van der Waals surface area contributed by atoms with Gasteiger partial charge in [0.05, 0.1) is 34.4 Å². The van der Waals surface area contributed by atoms with Crippen molar-refractivity contribution in [3.8, 4) is 16.3 Å². The van der Waals surface area contributed by atoms with E-state index in [4.69, 9.17) is 9.47 Å². The summed E-state index contributed by atoms with van der Waals surface area (Å²) in [6.45, 7) is -0.415. The molecule has 7 heteroatoms. The maximum atomic E-state index is 12.8. The smallest absolute Gasteiger partial charge is 0.339 e. The molecule has 0 aliphatic heterocycles. The predicted octanol–water partition coefficient (Wildman–Crippen LogP) is 4.77. The normalized spacial score (nSPS) is 10.6. The Balaban J connectivity index is 1.54. The second-order valence-electron chi connectivity index (χ2n) is 6.37. The molecule has 1 amide bonds. The van der Waals surface area contributed by atoms with Crippen molar-refractivity contribution in [1.82, 2.24) is 4.98 Å². The summed E-state index contributed by atoms with van der Waals surface area (Å²) >= 11 is 1.54. The highest BCUT2D eigenvalue weighted by Crippen LogP contribution is 2.28. The molecule has 6 nitrogen and oxygen atoms in total. The van der Waals surface area contributed by atoms with E-state index in [1.807, 2.05) is 41.8 Å². The van der Waals surface area contributed by atoms with Crippen LogP contribution in [0.4, 0.5) is 5.69 Å². The number of benzene rings is 2. The molecule has 0 aliphatic carbocycles. The van der Waals surface area contributed by atoms with E-state index in [2.05, 4.69) is 10.3 Å². The van der Waals surface area contributed by atoms with Crippen molar-refractivity contribution >= 4 is 39.8 Å². The van der Waals surface area contributed by atoms with E-state index in [9.17, 15) is 9.59 Å². The molecular weight excluding hydrogens is 400 g/mol. The first-order valence-electron chi connectivity index (χ1n) is 9.19. The molecule has 2 aromatic heterocycles. The summed E-state index contributed by atoms with van der Waals surface area (Å²) in [7, 11) is 1.52. The number of esters is 1. The number of anilines is 1. The van der Waals surface area contributed by atoms with Gasteiger partial charge in [-0.25, -0.2) is 9.78 Å². The minimum absolute atomic E-state index is 0.370. The van der Waals surface area contributed by atoms with Crippen LogP contribution in [-0.2, 0) is 9.53 Å². The monoisotopic (exact) mass is 418 g/mol. The van der Waals surface area contributed by atoms with Crippen LogP contribution in [0.25, 0.3) is 21.5 Å². The number of thiophene rings is 1. The second kappa shape index (κ2) is 8.75. The first-order chi connectivity index (χ1) is 14.7. The van der Waals surface area contributed by atoms with Crippen LogP contribution in [0.1, 0.15) is 10.4 Å². The third-order valence-electron chi connectivity index (χ3n) is 4.43. The van der Waals surface area contributed by atoms with Crippen LogP contribution < -0.4 is 10.1 Å². The number of amides is 1. The quantitative estimate of drug-likeness (QED) is 0.457. The Hall–Kier alpha value is -3.71. The number of rotatable bonds is 6. The van der Waals surface area contributed by atoms with Gasteiger partial charge in [-0.1, -0.05) is 36.4 Å². The van der Waals surface area contributed by atoms with Crippen LogP contribution in [0.3, 0.4) is 0 Å². The topological polar surface area (TPSA) is 77.5 Å². The van der Waals surface area contributed by atoms with Crippen LogP contribution in [-0.4, -0.2) is 30.6 Å². The number of fused-ring (bicyclic) bond motifs is 1. The van der Waals surface area contributed by atoms with E-state index in [0.717, 1.165) is 4.88 Å². The van der Waals surface area contributed by atoms with Crippen molar-refractivity contribution < 1.29 is 19.1 Å². The van der Waals surface area contributed by atoms with Crippen molar-refractivity contribution in [3.05, 3.63) is 77.7 Å². The minimum Gasteiger partial charge on any atom is -0.495 e. The SMILES string of the molecule is COc1ccccc1NC(=O)COC(=O)c1cc(-c2cccs2)nc2ccccc12. The maximum Gasteiger partial charge on any atom is 0.339 e. The number of para-hydroxylation sites is 3. The van der Waals surface area contributed by atoms with Crippen molar-refractivity contribution in [1.29, 1.82) is 0 Å². The van der Waals surface area contributed by atoms with Crippen LogP contribution in [0.15, 0.2) is 72.1 Å². The Labute approximate surface area is 177 Å². The Bertz CT molecular complexity index is 1210. The summed E-state index contributed by atoms with van der Waals surface area (Å²) < 4.78 is 10.5. The summed E-state index contributed by atoms with van der Waals surface area (Å²) in [4.78, 5) is 30.7. The lowest BCUT2D eigenvalue weighted by Gasteiger charge is -2.11. The van der Waals surface area contributed by atoms with E-state index in [1.54, 1.807) is 30.3 Å². The highest BCUT2D eigenvalue weighted by Gasteiger charge is 2.17. The molecule has 0 bridgehead atoms. The zero-order valence-corrected chi connectivity index (χ0v) is 16.9. The van der Waals surface area contributed by atoms with Gasteiger partial charge in [0.15, 0.2) is 6.61 Å². The lowest BCUT2D eigenvalue weighted by atomic mass is 10.1. The predicted molar refractivity (Wildman–Crippen MR) is 117 cm³/mol. The summed E-state index contributed by atoms with van der Waals surface area (Å²) in [6.07, 6.45) is 0. The van der Waals surface area contributed by atoms with E-state index >= 15 is 0 Å². The van der Waals surface area contributed by atoms with Gasteiger partial charge in [0.2, 0.25) is 0 Å². The van der Waals surface area contributed by atoms with Gasteiger partial charge < -0.3 is 14.8 Å². The Morgan fingerprint density at radius 1 is 1.03 bits per heavy atom. The van der Waals surface area contributed by atoms with Gasteiger partial charge >= 0.3 is 5.97 Å². The fourth-order valence-corrected chi connectivity index (χ4v) is 3.72. The van der Waals surface area contributed by atoms with Crippen molar-refractivity contribution in [2.75, 3.05) is 19.0 Å². The number of hydrogen-bond acceptors (Lipinski definition) is 6. The first-order valence-corrected chi connectivity index (χ1v) is 10.1. The molecule has 0 saturated heterocycles. The largest absolute Gasteiger partial charge is 0.495 e. The number of ether oxygens (including phenoxy) is 2. The molecule has 0 saturated carbocycles. The number of aromatic nitrogens is 1. The highest BCUT2D eigenvalue weighted by molar-refractivity contribution is 7.13. The summed E-state index contributed by atoms with van der Waals surface area (Å²) in [5.41, 5.74) is 2.26. The fraction of sp³-hybridized carbons (Fsp3) is 0.0870. The van der Waals surface area contributed by atoms with Gasteiger partial charge in [-0.2, -0.15) is 0 Å². The molecule has 0 aliphatic rings. The summed E-state index contributed by atoms with van der Waals surface area (Å²) in [5.74, 6) is -0.510. The van der Waals surface area contributed by atoms with Crippen LogP contribution in [0, 0.1) is 0 Å². The van der Waals surface area contributed by atoms with E-state index in [1.165, 1.54) is 18.4 Å². The van der Waals surface area contributed by atoms with E-state index in [0.29, 0.717) is 33.6 Å². The second-order valence-corrected chi connectivity index (χ2v) is 7.32. The van der Waals surface area contributed by atoms with Crippen LogP contribution >= 0.6 is 11.3 Å². The molecule has 0 radical (unpaired) electrons. The molecule has 4 rings (SSSR count). The number of pyridine rings is 1. The third kappa shape index (κ3) is 4.16. The van der Waals surface area contributed by atoms with Crippen LogP contribution in [0.2, 0.25) is 0 Å². The summed E-state index contributed by atoms with van der Waals surface area (Å²) in [6, 6.07) is 19.9. The Kier molecular flexibility index (Phi) is 5.72. The molecule has 2 heterocycles. The Morgan fingerprint density at radius 2 is 1.83 bits per heavy atom. The van der Waals surface area contributed by atoms with Gasteiger partial charge in [0.1, 0.15) is 5.75 Å².